The van der Waals surface area contributed by atoms with Crippen molar-refractivity contribution in [1.82, 2.24) is 4.90 Å². The van der Waals surface area contributed by atoms with Crippen molar-refractivity contribution in [2.24, 2.45) is 11.8 Å². The third kappa shape index (κ3) is 5.30. The van der Waals surface area contributed by atoms with Crippen molar-refractivity contribution in [2.45, 2.75) is 71.1 Å². The van der Waals surface area contributed by atoms with Gasteiger partial charge in [0.2, 0.25) is 0 Å². The number of hydrogen-bond acceptors (Lipinski definition) is 1. The monoisotopic (exact) mass is 263 g/mol. The van der Waals surface area contributed by atoms with Gasteiger partial charge in [0.15, 0.2) is 0 Å². The topological polar surface area (TPSA) is 3.24 Å². The van der Waals surface area contributed by atoms with Gasteiger partial charge in [-0.25, -0.2) is 0 Å². The van der Waals surface area contributed by atoms with Crippen LogP contribution in [0.1, 0.15) is 71.1 Å². The fraction of sp³-hybridized carbons (Fsp3) is 0.889. The summed E-state index contributed by atoms with van der Waals surface area (Å²) in [6.45, 7) is 6.42. The highest BCUT2D eigenvalue weighted by Crippen LogP contribution is 2.32. The molecule has 1 fully saturated rings. The van der Waals surface area contributed by atoms with Crippen LogP contribution in [-0.4, -0.2) is 24.5 Å². The molecule has 19 heavy (non-hydrogen) atoms. The summed E-state index contributed by atoms with van der Waals surface area (Å²) in [6, 6.07) is 0. The van der Waals surface area contributed by atoms with E-state index in [0.717, 1.165) is 11.8 Å². The molecule has 1 saturated heterocycles. The van der Waals surface area contributed by atoms with Crippen LogP contribution in [0.5, 0.6) is 0 Å². The Balaban J connectivity index is 1.44. The molecule has 0 radical (unpaired) electrons. The van der Waals surface area contributed by atoms with E-state index in [0.29, 0.717) is 0 Å². The van der Waals surface area contributed by atoms with Gasteiger partial charge >= 0.3 is 0 Å². The van der Waals surface area contributed by atoms with Crippen molar-refractivity contribution in [3.8, 4) is 0 Å². The van der Waals surface area contributed by atoms with Gasteiger partial charge in [0, 0.05) is 13.1 Å². The molecule has 0 saturated carbocycles. The molecule has 1 aliphatic heterocycles. The van der Waals surface area contributed by atoms with Crippen LogP contribution in [0.15, 0.2) is 12.2 Å². The maximum atomic E-state index is 2.74. The minimum atomic E-state index is 0.985. The Labute approximate surface area is 120 Å². The van der Waals surface area contributed by atoms with E-state index in [2.05, 4.69) is 24.0 Å². The zero-order valence-electron chi connectivity index (χ0n) is 12.9. The second kappa shape index (κ2) is 8.79. The minimum absolute atomic E-state index is 0.985. The first kappa shape index (κ1) is 15.1. The number of allylic oxidation sites excluding steroid dienone is 2. The highest BCUT2D eigenvalue weighted by Gasteiger charge is 2.31. The summed E-state index contributed by atoms with van der Waals surface area (Å²) >= 11 is 0. The lowest BCUT2D eigenvalue weighted by Gasteiger charge is -2.18. The SMILES string of the molecule is CCCCCCCCCCN1C[C@H]2CC=CC[C@H]2C1. The van der Waals surface area contributed by atoms with Crippen LogP contribution in [0, 0.1) is 11.8 Å². The van der Waals surface area contributed by atoms with Gasteiger partial charge in [-0.1, -0.05) is 64.0 Å². The number of nitrogens with zero attached hydrogens (tertiary/aromatic N) is 1. The highest BCUT2D eigenvalue weighted by molar-refractivity contribution is 4.99. The first-order chi connectivity index (χ1) is 9.40. The fourth-order valence-electron chi connectivity index (χ4n) is 3.76. The van der Waals surface area contributed by atoms with Crippen molar-refractivity contribution in [3.63, 3.8) is 0 Å². The molecule has 0 unspecified atom stereocenters. The molecule has 2 atom stereocenters. The first-order valence-electron chi connectivity index (χ1n) is 8.77. The van der Waals surface area contributed by atoms with E-state index in [1.807, 2.05) is 0 Å². The minimum Gasteiger partial charge on any atom is -0.303 e. The molecule has 1 heteroatoms. The molecule has 0 bridgehead atoms. The van der Waals surface area contributed by atoms with Gasteiger partial charge in [-0.15, -0.1) is 0 Å². The summed E-state index contributed by atoms with van der Waals surface area (Å²) in [4.78, 5) is 2.74. The van der Waals surface area contributed by atoms with Crippen molar-refractivity contribution in [2.75, 3.05) is 19.6 Å². The van der Waals surface area contributed by atoms with Crippen LogP contribution in [0.2, 0.25) is 0 Å². The number of likely N-dealkylation sites (tertiary alicyclic amines) is 1. The molecule has 1 aliphatic carbocycles. The van der Waals surface area contributed by atoms with Crippen LogP contribution in [0.25, 0.3) is 0 Å². The molecule has 0 amide bonds. The van der Waals surface area contributed by atoms with Gasteiger partial charge in [0.1, 0.15) is 0 Å². The maximum absolute atomic E-state index is 2.74. The predicted molar refractivity (Wildman–Crippen MR) is 84.4 cm³/mol. The van der Waals surface area contributed by atoms with Crippen LogP contribution in [0.3, 0.4) is 0 Å². The molecule has 2 rings (SSSR count). The largest absolute Gasteiger partial charge is 0.303 e. The predicted octanol–water partition coefficient (Wildman–Crippen LogP) is 5.03. The summed E-state index contributed by atoms with van der Waals surface area (Å²) < 4.78 is 0. The van der Waals surface area contributed by atoms with Gasteiger partial charge < -0.3 is 4.90 Å². The third-order valence-corrected chi connectivity index (χ3v) is 5.02. The summed E-state index contributed by atoms with van der Waals surface area (Å²) in [6.07, 6.45) is 19.0. The summed E-state index contributed by atoms with van der Waals surface area (Å²) in [7, 11) is 0. The number of rotatable bonds is 9. The summed E-state index contributed by atoms with van der Waals surface area (Å²) in [5, 5.41) is 0. The first-order valence-corrected chi connectivity index (χ1v) is 8.77. The maximum Gasteiger partial charge on any atom is 0.00160 e. The average Bonchev–Trinajstić information content (AvgIpc) is 2.84. The van der Waals surface area contributed by atoms with E-state index in [9.17, 15) is 0 Å². The molecule has 110 valence electrons. The van der Waals surface area contributed by atoms with Crippen molar-refractivity contribution < 1.29 is 0 Å². The summed E-state index contributed by atoms with van der Waals surface area (Å²) in [5.41, 5.74) is 0. The Morgan fingerprint density at radius 2 is 1.32 bits per heavy atom. The zero-order valence-corrected chi connectivity index (χ0v) is 12.9. The second-order valence-electron chi connectivity index (χ2n) is 6.70. The molecule has 0 aromatic heterocycles. The fourth-order valence-corrected chi connectivity index (χ4v) is 3.76. The molecular formula is C18H33N. The molecule has 0 aromatic carbocycles. The quantitative estimate of drug-likeness (QED) is 0.417. The van der Waals surface area contributed by atoms with Crippen molar-refractivity contribution >= 4 is 0 Å². The number of unbranched alkanes of at least 4 members (excludes halogenated alkanes) is 7. The van der Waals surface area contributed by atoms with E-state index in [1.54, 1.807) is 0 Å². The Morgan fingerprint density at radius 3 is 1.89 bits per heavy atom. The van der Waals surface area contributed by atoms with Crippen LogP contribution in [0.4, 0.5) is 0 Å². The lowest BCUT2D eigenvalue weighted by atomic mass is 9.86. The van der Waals surface area contributed by atoms with Gasteiger partial charge in [-0.2, -0.15) is 0 Å². The van der Waals surface area contributed by atoms with Crippen LogP contribution < -0.4 is 0 Å². The van der Waals surface area contributed by atoms with Crippen molar-refractivity contribution in [3.05, 3.63) is 12.2 Å². The average molecular weight is 263 g/mol. The lowest BCUT2D eigenvalue weighted by Crippen LogP contribution is -2.22. The number of hydrogen-bond donors (Lipinski definition) is 0. The molecule has 2 aliphatic rings. The standard InChI is InChI=1S/C18H33N/c1-2-3-4-5-6-7-8-11-14-19-15-17-12-9-10-13-18(17)16-19/h9-10,17-18H,2-8,11-16H2,1H3/t17-,18+. The van der Waals surface area contributed by atoms with E-state index in [4.69, 9.17) is 0 Å². The molecular weight excluding hydrogens is 230 g/mol. The van der Waals surface area contributed by atoms with E-state index >= 15 is 0 Å². The van der Waals surface area contributed by atoms with Gasteiger partial charge in [0.05, 0.1) is 0 Å². The number of fused-ring (bicyclic) bond motifs is 1. The third-order valence-electron chi connectivity index (χ3n) is 5.02. The smallest absolute Gasteiger partial charge is 0.00160 e. The molecule has 0 aromatic rings. The molecule has 0 spiro atoms. The Kier molecular flexibility index (Phi) is 6.98. The summed E-state index contributed by atoms with van der Waals surface area (Å²) in [5.74, 6) is 1.97. The van der Waals surface area contributed by atoms with Gasteiger partial charge in [-0.05, 0) is 37.6 Å². The van der Waals surface area contributed by atoms with Crippen LogP contribution in [-0.2, 0) is 0 Å². The van der Waals surface area contributed by atoms with E-state index < -0.39 is 0 Å². The molecule has 1 heterocycles. The highest BCUT2D eigenvalue weighted by atomic mass is 15.1. The Hall–Kier alpha value is -0.300. The molecule has 0 N–H and O–H groups in total. The zero-order chi connectivity index (χ0) is 13.3. The Bertz CT molecular complexity index is 242. The Morgan fingerprint density at radius 1 is 0.789 bits per heavy atom. The van der Waals surface area contributed by atoms with E-state index in [-0.39, 0.29) is 0 Å². The second-order valence-corrected chi connectivity index (χ2v) is 6.70. The van der Waals surface area contributed by atoms with Crippen molar-refractivity contribution in [1.29, 1.82) is 0 Å². The van der Waals surface area contributed by atoms with E-state index in [1.165, 1.54) is 83.8 Å². The van der Waals surface area contributed by atoms with Gasteiger partial charge in [0.25, 0.3) is 0 Å². The lowest BCUT2D eigenvalue weighted by molar-refractivity contribution is 0.312. The van der Waals surface area contributed by atoms with Gasteiger partial charge in [-0.3, -0.25) is 0 Å². The van der Waals surface area contributed by atoms with Crippen LogP contribution >= 0.6 is 0 Å². The normalized spacial score (nSPS) is 26.8. The molecule has 1 nitrogen and oxygen atoms in total.